The summed E-state index contributed by atoms with van der Waals surface area (Å²) < 4.78 is 37.1. The van der Waals surface area contributed by atoms with E-state index in [0.717, 1.165) is 6.07 Å². The number of phenolic OH excluding ortho intramolecular Hbond substituents is 1. The van der Waals surface area contributed by atoms with E-state index in [9.17, 15) is 13.2 Å². The van der Waals surface area contributed by atoms with Crippen molar-refractivity contribution in [3.8, 4) is 17.6 Å². The minimum atomic E-state index is -4.47. The van der Waals surface area contributed by atoms with Gasteiger partial charge in [0.25, 0.3) is 0 Å². The first-order valence-electron chi connectivity index (χ1n) is 4.44. The van der Waals surface area contributed by atoms with Crippen LogP contribution in [-0.4, -0.2) is 10.9 Å². The molecule has 1 N–H and O–H groups in total. The van der Waals surface area contributed by atoms with E-state index in [4.69, 9.17) is 5.11 Å². The number of halogens is 3. The molecule has 1 aromatic carbocycles. The zero-order valence-electron chi connectivity index (χ0n) is 8.17. The Labute approximate surface area is 96.7 Å². The molecule has 0 bridgehead atoms. The highest BCUT2D eigenvalue weighted by atomic mass is 32.1. The number of hydrogen-bond acceptors (Lipinski definition) is 2. The van der Waals surface area contributed by atoms with Crippen molar-refractivity contribution in [2.45, 2.75) is 12.6 Å². The van der Waals surface area contributed by atoms with Gasteiger partial charge in [0, 0.05) is 17.7 Å². The molecule has 1 aromatic rings. The molecule has 86 valence electrons. The molecular formula is C11H9F3OS. The van der Waals surface area contributed by atoms with Crippen molar-refractivity contribution in [1.82, 2.24) is 0 Å². The Morgan fingerprint density at radius 3 is 2.50 bits per heavy atom. The number of hydrogen-bond donors (Lipinski definition) is 2. The lowest BCUT2D eigenvalue weighted by atomic mass is 10.1. The molecule has 0 aromatic heterocycles. The second-order valence-corrected chi connectivity index (χ2v) is 3.49. The Morgan fingerprint density at radius 2 is 1.94 bits per heavy atom. The van der Waals surface area contributed by atoms with Gasteiger partial charge in [-0.15, -0.1) is 0 Å². The smallest absolute Gasteiger partial charge is 0.416 e. The summed E-state index contributed by atoms with van der Waals surface area (Å²) in [5.74, 6) is 5.29. The molecule has 0 amide bonds. The van der Waals surface area contributed by atoms with E-state index in [0.29, 0.717) is 18.2 Å². The van der Waals surface area contributed by atoms with E-state index in [-0.39, 0.29) is 5.56 Å². The average molecular weight is 246 g/mol. The second-order valence-electron chi connectivity index (χ2n) is 3.04. The first-order chi connectivity index (χ1) is 7.43. The lowest BCUT2D eigenvalue weighted by Gasteiger charge is -2.07. The van der Waals surface area contributed by atoms with E-state index >= 15 is 0 Å². The fraction of sp³-hybridized carbons (Fsp3) is 0.273. The average Bonchev–Trinajstić information content (AvgIpc) is 2.16. The summed E-state index contributed by atoms with van der Waals surface area (Å²) in [7, 11) is 0. The highest BCUT2D eigenvalue weighted by molar-refractivity contribution is 7.80. The molecule has 0 aliphatic rings. The molecule has 5 heteroatoms. The summed E-state index contributed by atoms with van der Waals surface area (Å²) in [6.07, 6.45) is -3.99. The number of alkyl halides is 3. The minimum Gasteiger partial charge on any atom is -0.508 e. The van der Waals surface area contributed by atoms with Gasteiger partial charge in [-0.25, -0.2) is 0 Å². The van der Waals surface area contributed by atoms with Gasteiger partial charge in [-0.05, 0) is 18.2 Å². The molecule has 0 saturated carbocycles. The van der Waals surface area contributed by atoms with Crippen LogP contribution in [0.4, 0.5) is 13.2 Å². The van der Waals surface area contributed by atoms with Gasteiger partial charge in [0.15, 0.2) is 0 Å². The first kappa shape index (κ1) is 12.8. The van der Waals surface area contributed by atoms with Crippen LogP contribution in [0.2, 0.25) is 0 Å². The summed E-state index contributed by atoms with van der Waals surface area (Å²) in [5, 5.41) is 9.13. The third kappa shape index (κ3) is 3.70. The lowest BCUT2D eigenvalue weighted by Crippen LogP contribution is -2.04. The van der Waals surface area contributed by atoms with Crippen molar-refractivity contribution in [3.63, 3.8) is 0 Å². The van der Waals surface area contributed by atoms with Crippen LogP contribution in [0.3, 0.4) is 0 Å². The minimum absolute atomic E-state index is 0.147. The predicted molar refractivity (Wildman–Crippen MR) is 58.5 cm³/mol. The van der Waals surface area contributed by atoms with E-state index in [1.807, 2.05) is 0 Å². The Balaban J connectivity index is 3.05. The van der Waals surface area contributed by atoms with Crippen LogP contribution in [0, 0.1) is 11.8 Å². The summed E-state index contributed by atoms with van der Waals surface area (Å²) in [4.78, 5) is 0. The number of rotatable bonds is 1. The van der Waals surface area contributed by atoms with Gasteiger partial charge in [0.05, 0.1) is 5.56 Å². The molecule has 0 aliphatic heterocycles. The number of benzene rings is 1. The molecule has 0 atom stereocenters. The van der Waals surface area contributed by atoms with E-state index < -0.39 is 17.5 Å². The highest BCUT2D eigenvalue weighted by Gasteiger charge is 2.31. The number of thiol groups is 1. The monoisotopic (exact) mass is 246 g/mol. The van der Waals surface area contributed by atoms with Crippen molar-refractivity contribution in [1.29, 1.82) is 0 Å². The van der Waals surface area contributed by atoms with Crippen LogP contribution in [-0.2, 0) is 6.18 Å². The summed E-state index contributed by atoms with van der Waals surface area (Å²) in [6.45, 7) is 0. The number of phenols is 1. The Kier molecular flexibility index (Phi) is 4.13. The van der Waals surface area contributed by atoms with Crippen LogP contribution < -0.4 is 0 Å². The zero-order valence-corrected chi connectivity index (χ0v) is 9.07. The van der Waals surface area contributed by atoms with Crippen LogP contribution in [0.25, 0.3) is 0 Å². The second kappa shape index (κ2) is 5.17. The normalized spacial score (nSPS) is 10.8. The van der Waals surface area contributed by atoms with Crippen LogP contribution in [0.5, 0.6) is 5.75 Å². The van der Waals surface area contributed by atoms with E-state index in [2.05, 4.69) is 24.5 Å². The Morgan fingerprint density at radius 1 is 1.25 bits per heavy atom. The molecule has 0 spiro atoms. The first-order valence-corrected chi connectivity index (χ1v) is 5.07. The van der Waals surface area contributed by atoms with Crippen LogP contribution >= 0.6 is 12.6 Å². The van der Waals surface area contributed by atoms with E-state index in [1.165, 1.54) is 6.07 Å². The maximum absolute atomic E-state index is 12.4. The van der Waals surface area contributed by atoms with Crippen molar-refractivity contribution in [3.05, 3.63) is 29.3 Å². The number of aromatic hydroxyl groups is 1. The maximum atomic E-state index is 12.4. The molecule has 1 nitrogen and oxygen atoms in total. The standard InChI is InChI=1S/C11H9F3OS/c12-11(13,14)9-5-8(3-1-2-4-16)6-10(15)7-9/h5-7,15-16H,2,4H2. The van der Waals surface area contributed by atoms with Gasteiger partial charge in [-0.3, -0.25) is 0 Å². The highest BCUT2D eigenvalue weighted by Crippen LogP contribution is 2.32. The fourth-order valence-electron chi connectivity index (χ4n) is 1.07. The van der Waals surface area contributed by atoms with Gasteiger partial charge < -0.3 is 5.11 Å². The van der Waals surface area contributed by atoms with Gasteiger partial charge in [-0.2, -0.15) is 25.8 Å². The van der Waals surface area contributed by atoms with Gasteiger partial charge >= 0.3 is 6.18 Å². The quantitative estimate of drug-likeness (QED) is 0.576. The maximum Gasteiger partial charge on any atom is 0.416 e. The molecular weight excluding hydrogens is 237 g/mol. The molecule has 1 rings (SSSR count). The van der Waals surface area contributed by atoms with Crippen LogP contribution in [0.15, 0.2) is 18.2 Å². The predicted octanol–water partition coefficient (Wildman–Crippen LogP) is 3.08. The topological polar surface area (TPSA) is 20.2 Å². The van der Waals surface area contributed by atoms with E-state index in [1.54, 1.807) is 0 Å². The SMILES string of the molecule is Oc1cc(C#CCCS)cc(C(F)(F)F)c1. The zero-order chi connectivity index (χ0) is 12.2. The molecule has 16 heavy (non-hydrogen) atoms. The molecule has 0 radical (unpaired) electrons. The summed E-state index contributed by atoms with van der Waals surface area (Å²) in [5.41, 5.74) is -0.753. The molecule has 0 aliphatic carbocycles. The molecule has 0 heterocycles. The largest absolute Gasteiger partial charge is 0.508 e. The third-order valence-corrected chi connectivity index (χ3v) is 1.94. The third-order valence-electron chi connectivity index (χ3n) is 1.71. The Bertz CT molecular complexity index is 429. The summed E-state index contributed by atoms with van der Waals surface area (Å²) >= 11 is 3.92. The molecule has 0 fully saturated rings. The van der Waals surface area contributed by atoms with Gasteiger partial charge in [-0.1, -0.05) is 11.8 Å². The van der Waals surface area contributed by atoms with Gasteiger partial charge in [0.2, 0.25) is 0 Å². The molecule has 0 saturated heterocycles. The van der Waals surface area contributed by atoms with Crippen molar-refractivity contribution >= 4 is 12.6 Å². The lowest BCUT2D eigenvalue weighted by molar-refractivity contribution is -0.137. The van der Waals surface area contributed by atoms with Gasteiger partial charge in [0.1, 0.15) is 5.75 Å². The van der Waals surface area contributed by atoms with Crippen molar-refractivity contribution < 1.29 is 18.3 Å². The van der Waals surface area contributed by atoms with Crippen molar-refractivity contribution in [2.75, 3.05) is 5.75 Å². The van der Waals surface area contributed by atoms with Crippen molar-refractivity contribution in [2.24, 2.45) is 0 Å². The Hall–Kier alpha value is -1.28. The van der Waals surface area contributed by atoms with Crippen LogP contribution in [0.1, 0.15) is 17.5 Å². The summed E-state index contributed by atoms with van der Waals surface area (Å²) in [6, 6.07) is 2.77. The molecule has 0 unspecified atom stereocenters. The fourth-order valence-corrected chi connectivity index (χ4v) is 1.18.